The Kier molecular flexibility index (Phi) is 5.63. The van der Waals surface area contributed by atoms with Crippen LogP contribution in [0.15, 0.2) is 59.1 Å². The lowest BCUT2D eigenvalue weighted by molar-refractivity contribution is 0.0950. The summed E-state index contributed by atoms with van der Waals surface area (Å²) in [6.45, 7) is 5.24. The molecule has 7 heteroatoms. The largest absolute Gasteiger partial charge is 0.447 e. The third-order valence-electron chi connectivity index (χ3n) is 5.18. The van der Waals surface area contributed by atoms with Crippen LogP contribution in [0.3, 0.4) is 0 Å². The van der Waals surface area contributed by atoms with Crippen LogP contribution in [-0.4, -0.2) is 29.7 Å². The van der Waals surface area contributed by atoms with E-state index in [1.807, 2.05) is 68.4 Å². The van der Waals surface area contributed by atoms with Gasteiger partial charge >= 0.3 is 6.09 Å². The Morgan fingerprint density at radius 2 is 1.87 bits per heavy atom. The molecule has 0 radical (unpaired) electrons. The smallest absolute Gasteiger partial charge is 0.414 e. The molecule has 1 aliphatic heterocycles. The molecule has 1 aromatic heterocycles. The molecule has 0 atom stereocenters. The van der Waals surface area contributed by atoms with Crippen LogP contribution in [-0.2, 0) is 11.3 Å². The maximum Gasteiger partial charge on any atom is 0.414 e. The van der Waals surface area contributed by atoms with Crippen LogP contribution in [0.5, 0.6) is 0 Å². The number of aryl methyl sites for hydroxylation is 1. The van der Waals surface area contributed by atoms with E-state index in [-0.39, 0.29) is 12.0 Å². The maximum atomic E-state index is 12.9. The molecule has 2 aromatic carbocycles. The molecule has 1 saturated heterocycles. The number of halogens is 1. The van der Waals surface area contributed by atoms with Crippen molar-refractivity contribution in [1.29, 1.82) is 0 Å². The molecule has 3 aromatic rings. The van der Waals surface area contributed by atoms with Crippen LogP contribution < -0.4 is 10.2 Å². The van der Waals surface area contributed by atoms with Crippen LogP contribution in [0.1, 0.15) is 27.3 Å². The molecule has 2 amide bonds. The third kappa shape index (κ3) is 3.98. The van der Waals surface area contributed by atoms with Gasteiger partial charge in [-0.2, -0.15) is 0 Å². The second-order valence-electron chi connectivity index (χ2n) is 7.22. The van der Waals surface area contributed by atoms with Crippen LogP contribution >= 0.6 is 15.9 Å². The Labute approximate surface area is 183 Å². The summed E-state index contributed by atoms with van der Waals surface area (Å²) in [6.07, 6.45) is -0.337. The van der Waals surface area contributed by atoms with Crippen molar-refractivity contribution in [3.63, 3.8) is 0 Å². The fourth-order valence-corrected chi connectivity index (χ4v) is 4.13. The number of nitrogens with zero attached hydrogens (tertiary/aromatic N) is 2. The second-order valence-corrected chi connectivity index (χ2v) is 8.13. The standard InChI is InChI=1S/C23H22BrN3O3/c1-15-11-21(16(2)27(15)20-8-4-6-18(24)13-20)22(28)25-14-17-5-3-7-19(12-17)26-9-10-30-23(26)29/h3-8,11-13H,9-10,14H2,1-2H3,(H,25,28). The fraction of sp³-hybridized carbons (Fsp3) is 0.217. The maximum absolute atomic E-state index is 12.9. The number of amides is 2. The number of anilines is 1. The molecular weight excluding hydrogens is 446 g/mol. The van der Waals surface area contributed by atoms with Crippen molar-refractivity contribution in [2.24, 2.45) is 0 Å². The highest BCUT2D eigenvalue weighted by Gasteiger charge is 2.23. The summed E-state index contributed by atoms with van der Waals surface area (Å²) >= 11 is 3.50. The number of hydrogen-bond acceptors (Lipinski definition) is 3. The number of aromatic nitrogens is 1. The van der Waals surface area contributed by atoms with E-state index in [9.17, 15) is 9.59 Å². The highest BCUT2D eigenvalue weighted by atomic mass is 79.9. The lowest BCUT2D eigenvalue weighted by atomic mass is 10.1. The van der Waals surface area contributed by atoms with Gasteiger partial charge in [0.25, 0.3) is 5.91 Å². The van der Waals surface area contributed by atoms with Crippen molar-refractivity contribution in [1.82, 2.24) is 9.88 Å². The van der Waals surface area contributed by atoms with Crippen molar-refractivity contribution in [3.8, 4) is 5.69 Å². The third-order valence-corrected chi connectivity index (χ3v) is 5.67. The first-order valence-corrected chi connectivity index (χ1v) is 10.5. The molecule has 1 aliphatic rings. The van der Waals surface area contributed by atoms with E-state index < -0.39 is 0 Å². The predicted molar refractivity (Wildman–Crippen MR) is 119 cm³/mol. The number of ether oxygens (including phenoxy) is 1. The van der Waals surface area contributed by atoms with Crippen molar-refractivity contribution in [2.45, 2.75) is 20.4 Å². The van der Waals surface area contributed by atoms with E-state index >= 15 is 0 Å². The van der Waals surface area contributed by atoms with Gasteiger partial charge in [0.15, 0.2) is 0 Å². The molecule has 0 spiro atoms. The second kappa shape index (κ2) is 8.36. The van der Waals surface area contributed by atoms with E-state index in [2.05, 4.69) is 25.8 Å². The van der Waals surface area contributed by atoms with E-state index in [4.69, 9.17) is 4.74 Å². The molecule has 6 nitrogen and oxygen atoms in total. The summed E-state index contributed by atoms with van der Waals surface area (Å²) in [5.41, 5.74) is 5.22. The normalized spacial score (nSPS) is 13.4. The van der Waals surface area contributed by atoms with Gasteiger partial charge in [-0.1, -0.05) is 34.1 Å². The zero-order valence-corrected chi connectivity index (χ0v) is 18.4. The van der Waals surface area contributed by atoms with Crippen molar-refractivity contribution in [3.05, 3.63) is 81.6 Å². The number of nitrogens with one attached hydrogen (secondary N) is 1. The SMILES string of the molecule is Cc1cc(C(=O)NCc2cccc(N3CCOC3=O)c2)c(C)n1-c1cccc(Br)c1. The first-order chi connectivity index (χ1) is 14.4. The van der Waals surface area contributed by atoms with Crippen molar-refractivity contribution in [2.75, 3.05) is 18.1 Å². The zero-order chi connectivity index (χ0) is 21.3. The zero-order valence-electron chi connectivity index (χ0n) is 16.8. The van der Waals surface area contributed by atoms with Gasteiger partial charge in [-0.25, -0.2) is 4.79 Å². The van der Waals surface area contributed by atoms with Crippen LogP contribution in [0.2, 0.25) is 0 Å². The highest BCUT2D eigenvalue weighted by Crippen LogP contribution is 2.24. The predicted octanol–water partition coefficient (Wildman–Crippen LogP) is 4.74. The minimum absolute atomic E-state index is 0.129. The summed E-state index contributed by atoms with van der Waals surface area (Å²) in [5, 5.41) is 2.99. The first-order valence-electron chi connectivity index (χ1n) is 9.70. The van der Waals surface area contributed by atoms with Crippen LogP contribution in [0, 0.1) is 13.8 Å². The van der Waals surface area contributed by atoms with E-state index in [1.165, 1.54) is 0 Å². The first kappa shape index (κ1) is 20.2. The quantitative estimate of drug-likeness (QED) is 0.588. The minimum atomic E-state index is -0.337. The topological polar surface area (TPSA) is 63.6 Å². The number of rotatable bonds is 5. The minimum Gasteiger partial charge on any atom is -0.447 e. The molecule has 2 heterocycles. The molecule has 30 heavy (non-hydrogen) atoms. The Morgan fingerprint density at radius 1 is 1.10 bits per heavy atom. The van der Waals surface area contributed by atoms with E-state index in [0.717, 1.165) is 32.8 Å². The summed E-state index contributed by atoms with van der Waals surface area (Å²) in [6, 6.07) is 17.5. The van der Waals surface area contributed by atoms with Gasteiger partial charge in [0.2, 0.25) is 0 Å². The number of carbonyl (C=O) groups excluding carboxylic acids is 2. The fourth-order valence-electron chi connectivity index (χ4n) is 3.75. The van der Waals surface area contributed by atoms with Gasteiger partial charge in [-0.3, -0.25) is 9.69 Å². The number of hydrogen-bond donors (Lipinski definition) is 1. The average Bonchev–Trinajstić information content (AvgIpc) is 3.29. The molecular formula is C23H22BrN3O3. The van der Waals surface area contributed by atoms with E-state index in [0.29, 0.717) is 25.3 Å². The number of cyclic esters (lactones) is 1. The molecule has 0 bridgehead atoms. The van der Waals surface area contributed by atoms with Crippen LogP contribution in [0.4, 0.5) is 10.5 Å². The Balaban J connectivity index is 1.50. The van der Waals surface area contributed by atoms with Gasteiger partial charge in [0, 0.05) is 33.8 Å². The van der Waals surface area contributed by atoms with Gasteiger partial charge in [-0.05, 0) is 55.8 Å². The molecule has 0 aliphatic carbocycles. The Morgan fingerprint density at radius 3 is 2.60 bits per heavy atom. The summed E-state index contributed by atoms with van der Waals surface area (Å²) in [7, 11) is 0. The van der Waals surface area contributed by atoms with Crippen LogP contribution in [0.25, 0.3) is 5.69 Å². The number of benzene rings is 2. The molecule has 4 rings (SSSR count). The van der Waals surface area contributed by atoms with Gasteiger partial charge in [-0.15, -0.1) is 0 Å². The Bertz CT molecular complexity index is 1120. The summed E-state index contributed by atoms with van der Waals surface area (Å²) in [5.74, 6) is -0.129. The van der Waals surface area contributed by atoms with Gasteiger partial charge in [0.1, 0.15) is 6.61 Å². The lowest BCUT2D eigenvalue weighted by Gasteiger charge is -2.14. The summed E-state index contributed by atoms with van der Waals surface area (Å²) < 4.78 is 8.05. The van der Waals surface area contributed by atoms with Crippen molar-refractivity contribution < 1.29 is 14.3 Å². The molecule has 0 saturated carbocycles. The molecule has 1 N–H and O–H groups in total. The Hall–Kier alpha value is -3.06. The monoisotopic (exact) mass is 467 g/mol. The lowest BCUT2D eigenvalue weighted by Crippen LogP contribution is -2.25. The average molecular weight is 468 g/mol. The van der Waals surface area contributed by atoms with Crippen molar-refractivity contribution >= 4 is 33.6 Å². The van der Waals surface area contributed by atoms with Gasteiger partial charge < -0.3 is 14.6 Å². The summed E-state index contributed by atoms with van der Waals surface area (Å²) in [4.78, 5) is 26.2. The van der Waals surface area contributed by atoms with E-state index in [1.54, 1.807) is 4.90 Å². The molecule has 154 valence electrons. The number of carbonyl (C=O) groups is 2. The highest BCUT2D eigenvalue weighted by molar-refractivity contribution is 9.10. The molecule has 1 fully saturated rings. The molecule has 0 unspecified atom stereocenters. The van der Waals surface area contributed by atoms with Gasteiger partial charge in [0.05, 0.1) is 12.1 Å².